The molecule has 0 radical (unpaired) electrons. The summed E-state index contributed by atoms with van der Waals surface area (Å²) in [5, 5.41) is 2.64. The molecule has 0 fully saturated rings. The van der Waals surface area contributed by atoms with E-state index in [1.54, 1.807) is 7.05 Å². The van der Waals surface area contributed by atoms with E-state index in [1.165, 1.54) is 0 Å². The summed E-state index contributed by atoms with van der Waals surface area (Å²) >= 11 is 0. The van der Waals surface area contributed by atoms with Gasteiger partial charge in [0.15, 0.2) is 0 Å². The molecule has 1 atom stereocenters. The van der Waals surface area contributed by atoms with Crippen LogP contribution in [-0.2, 0) is 4.84 Å². The molecule has 0 aliphatic carbocycles. The Kier molecular flexibility index (Phi) is 4.84. The summed E-state index contributed by atoms with van der Waals surface area (Å²) in [6.45, 7) is 0.248. The SMILES string of the molecule is CNCC(F)CON. The summed E-state index contributed by atoms with van der Waals surface area (Å²) in [7, 11) is 1.67. The Labute approximate surface area is 48.0 Å². The van der Waals surface area contributed by atoms with Gasteiger partial charge < -0.3 is 10.2 Å². The Morgan fingerprint density at radius 1 is 1.88 bits per heavy atom. The van der Waals surface area contributed by atoms with Crippen molar-refractivity contribution < 1.29 is 9.23 Å². The van der Waals surface area contributed by atoms with Crippen LogP contribution < -0.4 is 11.2 Å². The molecule has 0 aliphatic heterocycles. The zero-order chi connectivity index (χ0) is 6.41. The van der Waals surface area contributed by atoms with Crippen LogP contribution in [0.5, 0.6) is 0 Å². The zero-order valence-electron chi connectivity index (χ0n) is 4.86. The van der Waals surface area contributed by atoms with Crippen molar-refractivity contribution in [1.82, 2.24) is 5.32 Å². The van der Waals surface area contributed by atoms with Crippen LogP contribution >= 0.6 is 0 Å². The molecule has 3 N–H and O–H groups in total. The van der Waals surface area contributed by atoms with E-state index < -0.39 is 6.17 Å². The molecule has 0 spiro atoms. The van der Waals surface area contributed by atoms with Gasteiger partial charge in [0, 0.05) is 6.54 Å². The van der Waals surface area contributed by atoms with Crippen LogP contribution in [0.15, 0.2) is 0 Å². The highest BCUT2D eigenvalue weighted by atomic mass is 19.1. The molecular formula is C4H11FN2O. The molecule has 0 amide bonds. The Balaban J connectivity index is 2.92. The maximum atomic E-state index is 12.1. The Morgan fingerprint density at radius 2 is 2.50 bits per heavy atom. The standard InChI is InChI=1S/C4H11FN2O/c1-7-2-4(5)3-8-6/h4,7H,2-3,6H2,1H3. The number of rotatable bonds is 4. The zero-order valence-corrected chi connectivity index (χ0v) is 4.86. The molecule has 0 heterocycles. The van der Waals surface area contributed by atoms with Crippen LogP contribution in [0.2, 0.25) is 0 Å². The largest absolute Gasteiger partial charge is 0.317 e. The van der Waals surface area contributed by atoms with E-state index in [0.29, 0.717) is 0 Å². The molecule has 3 nitrogen and oxygen atoms in total. The maximum Gasteiger partial charge on any atom is 0.138 e. The Bertz CT molecular complexity index is 47.3. The minimum atomic E-state index is -0.995. The monoisotopic (exact) mass is 122 g/mol. The van der Waals surface area contributed by atoms with Crippen molar-refractivity contribution in [3.05, 3.63) is 0 Å². The van der Waals surface area contributed by atoms with Gasteiger partial charge in [-0.25, -0.2) is 10.3 Å². The van der Waals surface area contributed by atoms with E-state index in [0.717, 1.165) is 0 Å². The van der Waals surface area contributed by atoms with Crippen LogP contribution in [0.3, 0.4) is 0 Å². The van der Waals surface area contributed by atoms with Gasteiger partial charge in [-0.05, 0) is 7.05 Å². The third-order valence-corrected chi connectivity index (χ3v) is 0.703. The highest BCUT2D eigenvalue weighted by molar-refractivity contribution is 4.54. The molecule has 0 saturated heterocycles. The van der Waals surface area contributed by atoms with Gasteiger partial charge in [0.05, 0.1) is 0 Å². The highest BCUT2D eigenvalue weighted by Gasteiger charge is 2.01. The van der Waals surface area contributed by atoms with Gasteiger partial charge >= 0.3 is 0 Å². The fourth-order valence-electron chi connectivity index (χ4n) is 0.385. The number of halogens is 1. The number of hydrogen-bond acceptors (Lipinski definition) is 3. The molecule has 0 bridgehead atoms. The minimum absolute atomic E-state index is 0.0408. The van der Waals surface area contributed by atoms with E-state index in [1.807, 2.05) is 0 Å². The fraction of sp³-hybridized carbons (Fsp3) is 1.00. The summed E-state index contributed by atoms with van der Waals surface area (Å²) in [6, 6.07) is 0. The van der Waals surface area contributed by atoms with E-state index in [-0.39, 0.29) is 13.2 Å². The Hall–Kier alpha value is -0.190. The molecule has 0 aromatic rings. The van der Waals surface area contributed by atoms with Crippen LogP contribution in [0.4, 0.5) is 4.39 Å². The summed E-state index contributed by atoms with van der Waals surface area (Å²) in [5.41, 5.74) is 0. The topological polar surface area (TPSA) is 47.3 Å². The minimum Gasteiger partial charge on any atom is -0.317 e. The molecule has 0 aromatic carbocycles. The maximum absolute atomic E-state index is 12.1. The average molecular weight is 122 g/mol. The number of nitrogens with one attached hydrogen (secondary N) is 1. The third kappa shape index (κ3) is 3.98. The highest BCUT2D eigenvalue weighted by Crippen LogP contribution is 1.85. The fourth-order valence-corrected chi connectivity index (χ4v) is 0.385. The van der Waals surface area contributed by atoms with Crippen LogP contribution in [-0.4, -0.2) is 26.4 Å². The molecular weight excluding hydrogens is 111 g/mol. The first-order chi connectivity index (χ1) is 3.81. The number of alkyl halides is 1. The predicted octanol–water partition coefficient (Wildman–Crippen LogP) is -0.566. The lowest BCUT2D eigenvalue weighted by molar-refractivity contribution is 0.0822. The van der Waals surface area contributed by atoms with Crippen LogP contribution in [0.1, 0.15) is 0 Å². The van der Waals surface area contributed by atoms with Crippen molar-refractivity contribution in [2.75, 3.05) is 20.2 Å². The normalized spacial score (nSPS) is 13.9. The molecule has 0 aromatic heterocycles. The molecule has 0 rings (SSSR count). The second-order valence-corrected chi connectivity index (χ2v) is 1.49. The third-order valence-electron chi connectivity index (χ3n) is 0.703. The van der Waals surface area contributed by atoms with Crippen molar-refractivity contribution in [2.24, 2.45) is 5.90 Å². The summed E-state index contributed by atoms with van der Waals surface area (Å²) in [5.74, 6) is 4.59. The van der Waals surface area contributed by atoms with E-state index in [4.69, 9.17) is 0 Å². The number of nitrogens with two attached hydrogens (primary N) is 1. The first-order valence-electron chi connectivity index (χ1n) is 2.41. The van der Waals surface area contributed by atoms with Crippen LogP contribution in [0, 0.1) is 0 Å². The van der Waals surface area contributed by atoms with Crippen LogP contribution in [0.25, 0.3) is 0 Å². The van der Waals surface area contributed by atoms with Gasteiger partial charge in [-0.15, -0.1) is 0 Å². The summed E-state index contributed by atoms with van der Waals surface area (Å²) in [4.78, 5) is 4.04. The molecule has 50 valence electrons. The lowest BCUT2D eigenvalue weighted by Gasteiger charge is -2.02. The summed E-state index contributed by atoms with van der Waals surface area (Å²) in [6.07, 6.45) is -0.995. The lowest BCUT2D eigenvalue weighted by atomic mass is 10.4. The van der Waals surface area contributed by atoms with Crippen molar-refractivity contribution in [3.63, 3.8) is 0 Å². The Morgan fingerprint density at radius 3 is 2.88 bits per heavy atom. The smallest absolute Gasteiger partial charge is 0.138 e. The van der Waals surface area contributed by atoms with Gasteiger partial charge in [0.25, 0.3) is 0 Å². The van der Waals surface area contributed by atoms with Crippen molar-refractivity contribution in [1.29, 1.82) is 0 Å². The quantitative estimate of drug-likeness (QED) is 0.491. The molecule has 8 heavy (non-hydrogen) atoms. The molecule has 1 unspecified atom stereocenters. The molecule has 0 saturated carbocycles. The second-order valence-electron chi connectivity index (χ2n) is 1.49. The first-order valence-corrected chi connectivity index (χ1v) is 2.41. The first kappa shape index (κ1) is 7.81. The van der Waals surface area contributed by atoms with Gasteiger partial charge in [-0.1, -0.05) is 0 Å². The van der Waals surface area contributed by atoms with Crippen molar-refractivity contribution in [3.8, 4) is 0 Å². The van der Waals surface area contributed by atoms with Gasteiger partial charge in [-0.3, -0.25) is 0 Å². The lowest BCUT2D eigenvalue weighted by Crippen LogP contribution is -2.25. The predicted molar refractivity (Wildman–Crippen MR) is 29.0 cm³/mol. The van der Waals surface area contributed by atoms with E-state index in [9.17, 15) is 4.39 Å². The van der Waals surface area contributed by atoms with Crippen molar-refractivity contribution in [2.45, 2.75) is 6.17 Å². The van der Waals surface area contributed by atoms with Gasteiger partial charge in [-0.2, -0.15) is 0 Å². The second kappa shape index (κ2) is 4.96. The van der Waals surface area contributed by atoms with Crippen molar-refractivity contribution >= 4 is 0 Å². The molecule has 4 heteroatoms. The van der Waals surface area contributed by atoms with Gasteiger partial charge in [0.2, 0.25) is 0 Å². The average Bonchev–Trinajstić information content (AvgIpc) is 1.68. The summed E-state index contributed by atoms with van der Waals surface area (Å²) < 4.78 is 12.1. The van der Waals surface area contributed by atoms with Gasteiger partial charge in [0.1, 0.15) is 12.8 Å². The van der Waals surface area contributed by atoms with E-state index >= 15 is 0 Å². The molecule has 0 aliphatic rings. The number of hydrogen-bond donors (Lipinski definition) is 2. The van der Waals surface area contributed by atoms with E-state index in [2.05, 4.69) is 16.1 Å².